The van der Waals surface area contributed by atoms with Gasteiger partial charge in [-0.2, -0.15) is 0 Å². The third kappa shape index (κ3) is 5.35. The maximum Gasteiger partial charge on any atom is 0.0536 e. The summed E-state index contributed by atoms with van der Waals surface area (Å²) in [6.45, 7) is 28.9. The van der Waals surface area contributed by atoms with E-state index in [1.807, 2.05) is 0 Å². The molecule has 0 aliphatic heterocycles. The molecule has 0 saturated heterocycles. The van der Waals surface area contributed by atoms with E-state index in [2.05, 4.69) is 124 Å². The molecule has 1 heteroatoms. The van der Waals surface area contributed by atoms with Crippen LogP contribution in [0.5, 0.6) is 0 Å². The lowest BCUT2D eigenvalue weighted by Gasteiger charge is -2.30. The molecule has 33 heavy (non-hydrogen) atoms. The minimum Gasteiger partial charge on any atom is -0.315 e. The molecule has 1 aromatic carbocycles. The third-order valence-electron chi connectivity index (χ3n) is 7.14. The summed E-state index contributed by atoms with van der Waals surface area (Å²) < 4.78 is 0. The molecular formula is C32H45N. The highest BCUT2D eigenvalue weighted by atomic mass is 15.2. The maximum atomic E-state index is 4.41. The second-order valence-electron chi connectivity index (χ2n) is 9.95. The van der Waals surface area contributed by atoms with Crippen LogP contribution < -0.4 is 10.4 Å². The Labute approximate surface area is 203 Å². The summed E-state index contributed by atoms with van der Waals surface area (Å²) in [5.74, 6) is 0.966. The Morgan fingerprint density at radius 1 is 1.00 bits per heavy atom. The van der Waals surface area contributed by atoms with E-state index in [1.165, 1.54) is 55.3 Å². The van der Waals surface area contributed by atoms with Gasteiger partial charge in [0.1, 0.15) is 0 Å². The van der Waals surface area contributed by atoms with Crippen molar-refractivity contribution in [2.24, 2.45) is 11.8 Å². The van der Waals surface area contributed by atoms with Crippen molar-refractivity contribution in [2.45, 2.75) is 82.6 Å². The van der Waals surface area contributed by atoms with Gasteiger partial charge in [-0.05, 0) is 106 Å². The molecule has 0 unspecified atom stereocenters. The zero-order valence-corrected chi connectivity index (χ0v) is 23.0. The Balaban J connectivity index is 3.16. The molecule has 0 heterocycles. The molecule has 1 aromatic rings. The smallest absolute Gasteiger partial charge is 0.0536 e. The first-order valence-corrected chi connectivity index (χ1v) is 12.5. The van der Waals surface area contributed by atoms with Crippen LogP contribution in [0, 0.1) is 18.8 Å². The Bertz CT molecular complexity index is 1160. The average Bonchev–Trinajstić information content (AvgIpc) is 2.93. The normalized spacial score (nSPS) is 17.3. The van der Waals surface area contributed by atoms with Gasteiger partial charge in [0.05, 0.1) is 5.70 Å². The highest BCUT2D eigenvalue weighted by molar-refractivity contribution is 5.68. The monoisotopic (exact) mass is 443 g/mol. The summed E-state index contributed by atoms with van der Waals surface area (Å²) in [6, 6.07) is 4.68. The molecule has 0 spiro atoms. The minimum atomic E-state index is 0.438. The summed E-state index contributed by atoms with van der Waals surface area (Å²) in [5.41, 5.74) is 11.8. The molecule has 1 nitrogen and oxygen atoms in total. The predicted octanol–water partition coefficient (Wildman–Crippen LogP) is 7.72. The second-order valence-corrected chi connectivity index (χ2v) is 9.95. The predicted molar refractivity (Wildman–Crippen MR) is 148 cm³/mol. The largest absolute Gasteiger partial charge is 0.315 e. The fraction of sp³-hybridized carbons (Fsp3) is 0.438. The standard InChI is InChI=1S/C32H45N/c1-13-23(10)31(15-3)33(22(8)9)32-19-29(21(6)7)26(14-2)18-30-25(12)27(16-17-28(30)32)24(11)20(4)5/h13-17,19-21H,8,18H2,1-7,9-12H3/b23-13-,26-14+,27-24+,31-15+. The van der Waals surface area contributed by atoms with Gasteiger partial charge < -0.3 is 4.90 Å². The van der Waals surface area contributed by atoms with E-state index in [4.69, 9.17) is 0 Å². The molecule has 1 aliphatic rings. The Kier molecular flexibility index (Phi) is 8.95. The van der Waals surface area contributed by atoms with E-state index < -0.39 is 0 Å². The number of nitrogens with zero attached hydrogens (tertiary/aromatic N) is 1. The first-order chi connectivity index (χ1) is 15.5. The van der Waals surface area contributed by atoms with Crippen LogP contribution in [0.3, 0.4) is 0 Å². The quantitative estimate of drug-likeness (QED) is 0.407. The summed E-state index contributed by atoms with van der Waals surface area (Å²) in [4.78, 5) is 2.35. The van der Waals surface area contributed by atoms with Crippen molar-refractivity contribution in [1.82, 2.24) is 4.90 Å². The van der Waals surface area contributed by atoms with E-state index in [-0.39, 0.29) is 0 Å². The van der Waals surface area contributed by atoms with E-state index >= 15 is 0 Å². The van der Waals surface area contributed by atoms with Crippen LogP contribution >= 0.6 is 0 Å². The van der Waals surface area contributed by atoms with E-state index in [0.29, 0.717) is 11.8 Å². The van der Waals surface area contributed by atoms with Gasteiger partial charge in [-0.1, -0.05) is 70.2 Å². The van der Waals surface area contributed by atoms with Crippen LogP contribution in [0.2, 0.25) is 0 Å². The molecule has 0 fully saturated rings. The molecule has 2 rings (SSSR count). The van der Waals surface area contributed by atoms with Crippen molar-refractivity contribution in [3.63, 3.8) is 0 Å². The number of hydrogen-bond acceptors (Lipinski definition) is 1. The minimum absolute atomic E-state index is 0.438. The third-order valence-corrected chi connectivity index (χ3v) is 7.14. The van der Waals surface area contributed by atoms with Gasteiger partial charge in [-0.25, -0.2) is 0 Å². The summed E-state index contributed by atoms with van der Waals surface area (Å²) >= 11 is 0. The number of benzene rings is 1. The topological polar surface area (TPSA) is 3.24 Å². The van der Waals surface area contributed by atoms with Gasteiger partial charge in [0.25, 0.3) is 0 Å². The number of allylic oxidation sites excluding steroid dienone is 7. The fourth-order valence-corrected chi connectivity index (χ4v) is 4.79. The Morgan fingerprint density at radius 2 is 1.64 bits per heavy atom. The molecule has 1 aliphatic carbocycles. The summed E-state index contributed by atoms with van der Waals surface area (Å²) in [7, 11) is 0. The van der Waals surface area contributed by atoms with E-state index in [9.17, 15) is 0 Å². The average molecular weight is 444 g/mol. The Hall–Kier alpha value is -2.54. The van der Waals surface area contributed by atoms with Crippen molar-refractivity contribution >= 4 is 11.3 Å². The van der Waals surface area contributed by atoms with Crippen molar-refractivity contribution in [3.05, 3.63) is 92.7 Å². The van der Waals surface area contributed by atoms with Crippen LogP contribution in [-0.4, -0.2) is 4.90 Å². The molecule has 0 amide bonds. The highest BCUT2D eigenvalue weighted by Gasteiger charge is 2.23. The first-order valence-electron chi connectivity index (χ1n) is 12.5. The van der Waals surface area contributed by atoms with E-state index in [1.54, 1.807) is 0 Å². The summed E-state index contributed by atoms with van der Waals surface area (Å²) in [5, 5.41) is 2.71. The van der Waals surface area contributed by atoms with Gasteiger partial charge in [-0.15, -0.1) is 0 Å². The van der Waals surface area contributed by atoms with Crippen LogP contribution in [-0.2, 0) is 6.42 Å². The molecule has 0 saturated carbocycles. The molecule has 0 N–H and O–H groups in total. The number of fused-ring (bicyclic) bond motifs is 1. The highest BCUT2D eigenvalue weighted by Crippen LogP contribution is 2.33. The van der Waals surface area contributed by atoms with Crippen molar-refractivity contribution < 1.29 is 0 Å². The molecule has 0 aromatic heterocycles. The first kappa shape index (κ1) is 26.7. The molecule has 0 bridgehead atoms. The summed E-state index contributed by atoms with van der Waals surface area (Å²) in [6.07, 6.45) is 10.1. The van der Waals surface area contributed by atoms with Crippen LogP contribution in [0.4, 0.5) is 0 Å². The second kappa shape index (κ2) is 11.1. The Morgan fingerprint density at radius 3 is 2.09 bits per heavy atom. The molecule has 0 radical (unpaired) electrons. The molecular weight excluding hydrogens is 398 g/mol. The van der Waals surface area contributed by atoms with E-state index in [0.717, 1.165) is 12.1 Å². The lowest BCUT2D eigenvalue weighted by atomic mass is 9.89. The van der Waals surface area contributed by atoms with Gasteiger partial charge in [0, 0.05) is 16.6 Å². The lowest BCUT2D eigenvalue weighted by Crippen LogP contribution is -2.29. The maximum absolute atomic E-state index is 4.41. The van der Waals surface area contributed by atoms with Gasteiger partial charge in [0.15, 0.2) is 0 Å². The molecule has 0 atom stereocenters. The zero-order valence-electron chi connectivity index (χ0n) is 23.0. The zero-order chi connectivity index (χ0) is 25.0. The molecule has 178 valence electrons. The fourth-order valence-electron chi connectivity index (χ4n) is 4.79. The van der Waals surface area contributed by atoms with Crippen molar-refractivity contribution in [3.8, 4) is 0 Å². The van der Waals surface area contributed by atoms with Crippen LogP contribution in [0.1, 0.15) is 80.4 Å². The van der Waals surface area contributed by atoms with Crippen LogP contribution in [0.25, 0.3) is 11.3 Å². The number of rotatable bonds is 6. The SMILES string of the molecule is C=C(C)N(C1=c2cc/c(=C(/C)C(C)C)c(C)c2C/C(=C\C)C(C(C)C)=C1)C(=C/C)/C(C)=C\C. The van der Waals surface area contributed by atoms with Gasteiger partial charge in [0.2, 0.25) is 0 Å². The van der Waals surface area contributed by atoms with Crippen molar-refractivity contribution in [2.75, 3.05) is 0 Å². The van der Waals surface area contributed by atoms with Gasteiger partial charge in [-0.3, -0.25) is 0 Å². The number of hydrogen-bond donors (Lipinski definition) is 0. The van der Waals surface area contributed by atoms with Gasteiger partial charge >= 0.3 is 0 Å². The lowest BCUT2D eigenvalue weighted by molar-refractivity contribution is 0.610. The van der Waals surface area contributed by atoms with Crippen molar-refractivity contribution in [1.29, 1.82) is 0 Å². The van der Waals surface area contributed by atoms with Crippen LogP contribution in [0.15, 0.2) is 71.1 Å².